The van der Waals surface area contributed by atoms with Gasteiger partial charge >= 0.3 is 0 Å². The van der Waals surface area contributed by atoms with E-state index in [4.69, 9.17) is 25.5 Å². The highest BCUT2D eigenvalue weighted by molar-refractivity contribution is 6.74. The van der Waals surface area contributed by atoms with Crippen molar-refractivity contribution in [3.05, 3.63) is 0 Å². The summed E-state index contributed by atoms with van der Waals surface area (Å²) in [6.45, 7) is 12.7. The molecule has 5 heteroatoms. The summed E-state index contributed by atoms with van der Waals surface area (Å²) in [4.78, 5) is 0. The molecule has 0 amide bonds. The first kappa shape index (κ1) is 20.0. The van der Waals surface area contributed by atoms with E-state index < -0.39 is 8.32 Å². The van der Waals surface area contributed by atoms with Crippen LogP contribution in [0, 0.1) is 11.8 Å². The predicted octanol–water partition coefficient (Wildman–Crippen LogP) is 4.55. The van der Waals surface area contributed by atoms with Crippen LogP contribution >= 0.6 is 11.6 Å². The van der Waals surface area contributed by atoms with Crippen molar-refractivity contribution < 1.29 is 13.9 Å². The third kappa shape index (κ3) is 7.02. The fraction of sp³-hybridized carbons (Fsp3) is 0.882. The first-order chi connectivity index (χ1) is 10.3. The highest BCUT2D eigenvalue weighted by Crippen LogP contribution is 2.37. The minimum atomic E-state index is -1.80. The van der Waals surface area contributed by atoms with E-state index in [1.54, 1.807) is 0 Å². The summed E-state index contributed by atoms with van der Waals surface area (Å²) in [7, 11) is -1.80. The SMILES string of the molecule is CC(C)(C)[Si](C)(C)OC(C#CCCl)CCCCC1OCCO1. The average Bonchev–Trinajstić information content (AvgIpc) is 2.92. The van der Waals surface area contributed by atoms with Crippen LogP contribution in [0.15, 0.2) is 0 Å². The van der Waals surface area contributed by atoms with E-state index in [9.17, 15) is 0 Å². The first-order valence-corrected chi connectivity index (χ1v) is 11.7. The van der Waals surface area contributed by atoms with Crippen LogP contribution in [-0.2, 0) is 13.9 Å². The lowest BCUT2D eigenvalue weighted by molar-refractivity contribution is -0.0482. The molecule has 1 saturated heterocycles. The van der Waals surface area contributed by atoms with Crippen molar-refractivity contribution >= 4 is 19.9 Å². The Kier molecular flexibility index (Phi) is 8.45. The molecule has 0 aliphatic carbocycles. The lowest BCUT2D eigenvalue weighted by Crippen LogP contribution is -2.43. The number of alkyl halides is 1. The second kappa shape index (κ2) is 9.29. The Labute approximate surface area is 142 Å². The Morgan fingerprint density at radius 3 is 2.41 bits per heavy atom. The van der Waals surface area contributed by atoms with Crippen molar-refractivity contribution in [1.29, 1.82) is 0 Å². The van der Waals surface area contributed by atoms with Crippen LogP contribution in [0.1, 0.15) is 46.5 Å². The lowest BCUT2D eigenvalue weighted by Gasteiger charge is -2.38. The van der Waals surface area contributed by atoms with E-state index >= 15 is 0 Å². The van der Waals surface area contributed by atoms with Gasteiger partial charge in [-0.25, -0.2) is 0 Å². The Morgan fingerprint density at radius 2 is 1.86 bits per heavy atom. The smallest absolute Gasteiger partial charge is 0.193 e. The average molecular weight is 347 g/mol. The van der Waals surface area contributed by atoms with E-state index in [-0.39, 0.29) is 17.4 Å². The van der Waals surface area contributed by atoms with Crippen molar-refractivity contribution in [1.82, 2.24) is 0 Å². The van der Waals surface area contributed by atoms with Crippen LogP contribution in [0.5, 0.6) is 0 Å². The number of rotatable bonds is 7. The summed E-state index contributed by atoms with van der Waals surface area (Å²) in [6, 6.07) is 0. The standard InChI is InChI=1S/C17H31ClO3Si/c1-17(2,3)22(4,5)21-15(10-8-12-18)9-6-7-11-16-19-13-14-20-16/h15-16H,6-7,9,11-14H2,1-5H3. The van der Waals surface area contributed by atoms with Gasteiger partial charge in [0.25, 0.3) is 0 Å². The number of hydrogen-bond donors (Lipinski definition) is 0. The Morgan fingerprint density at radius 1 is 1.23 bits per heavy atom. The van der Waals surface area contributed by atoms with Gasteiger partial charge in [0, 0.05) is 0 Å². The van der Waals surface area contributed by atoms with E-state index in [0.29, 0.717) is 5.88 Å². The van der Waals surface area contributed by atoms with Gasteiger partial charge in [-0.05, 0) is 43.8 Å². The summed E-state index contributed by atoms with van der Waals surface area (Å²) in [5.74, 6) is 6.52. The van der Waals surface area contributed by atoms with Crippen molar-refractivity contribution in [3.63, 3.8) is 0 Å². The normalized spacial score (nSPS) is 18.1. The van der Waals surface area contributed by atoms with Crippen molar-refractivity contribution in [2.45, 2.75) is 77.0 Å². The summed E-state index contributed by atoms with van der Waals surface area (Å²) in [5.41, 5.74) is 0. The lowest BCUT2D eigenvalue weighted by atomic mass is 10.1. The van der Waals surface area contributed by atoms with E-state index in [1.807, 2.05) is 0 Å². The van der Waals surface area contributed by atoms with Crippen molar-refractivity contribution in [3.8, 4) is 11.8 Å². The van der Waals surface area contributed by atoms with Crippen molar-refractivity contribution in [2.75, 3.05) is 19.1 Å². The summed E-state index contributed by atoms with van der Waals surface area (Å²) >= 11 is 5.70. The van der Waals surface area contributed by atoms with E-state index in [0.717, 1.165) is 38.9 Å². The second-order valence-electron chi connectivity index (χ2n) is 7.28. The zero-order valence-corrected chi connectivity index (χ0v) is 16.5. The molecule has 0 saturated carbocycles. The number of unbranched alkanes of at least 4 members (excludes halogenated alkanes) is 1. The molecule has 128 valence electrons. The Hall–Kier alpha value is -0.0531. The largest absolute Gasteiger partial charge is 0.403 e. The molecule has 1 atom stereocenters. The van der Waals surface area contributed by atoms with Crippen molar-refractivity contribution in [2.24, 2.45) is 0 Å². The highest BCUT2D eigenvalue weighted by atomic mass is 35.5. The highest BCUT2D eigenvalue weighted by Gasteiger charge is 2.38. The summed E-state index contributed by atoms with van der Waals surface area (Å²) < 4.78 is 17.3. The molecule has 22 heavy (non-hydrogen) atoms. The summed E-state index contributed by atoms with van der Waals surface area (Å²) in [6.07, 6.45) is 4.03. The molecule has 0 aromatic carbocycles. The molecule has 1 aliphatic heterocycles. The molecular weight excluding hydrogens is 316 g/mol. The third-order valence-corrected chi connectivity index (χ3v) is 9.04. The van der Waals surface area contributed by atoms with Gasteiger partial charge in [-0.1, -0.05) is 32.6 Å². The maximum absolute atomic E-state index is 6.42. The molecule has 0 aromatic rings. The summed E-state index contributed by atoms with van der Waals surface area (Å²) in [5, 5.41) is 0.194. The predicted molar refractivity (Wildman–Crippen MR) is 94.7 cm³/mol. The van der Waals surface area contributed by atoms with Gasteiger partial charge in [0.2, 0.25) is 0 Å². The van der Waals surface area contributed by atoms with Crippen LogP contribution in [0.3, 0.4) is 0 Å². The fourth-order valence-electron chi connectivity index (χ4n) is 2.06. The molecule has 3 nitrogen and oxygen atoms in total. The Balaban J connectivity index is 2.43. The van der Waals surface area contributed by atoms with Crippen LogP contribution in [0.4, 0.5) is 0 Å². The van der Waals surface area contributed by atoms with Gasteiger partial charge < -0.3 is 13.9 Å². The molecule has 1 fully saturated rings. The minimum Gasteiger partial charge on any atom is -0.403 e. The molecule has 0 bridgehead atoms. The van der Waals surface area contributed by atoms with Gasteiger partial charge in [-0.2, -0.15) is 0 Å². The van der Waals surface area contributed by atoms with E-state index in [1.165, 1.54) is 0 Å². The van der Waals surface area contributed by atoms with Gasteiger partial charge in [-0.15, -0.1) is 11.6 Å². The van der Waals surface area contributed by atoms with E-state index in [2.05, 4.69) is 45.7 Å². The van der Waals surface area contributed by atoms with Crippen LogP contribution < -0.4 is 0 Å². The number of halogens is 1. The molecule has 1 rings (SSSR count). The van der Waals surface area contributed by atoms with Gasteiger partial charge in [0.05, 0.1) is 19.1 Å². The van der Waals surface area contributed by atoms with Gasteiger partial charge in [0.1, 0.15) is 6.10 Å². The zero-order valence-electron chi connectivity index (χ0n) is 14.7. The van der Waals surface area contributed by atoms with Crippen LogP contribution in [0.25, 0.3) is 0 Å². The minimum absolute atomic E-state index is 0.00585. The molecule has 0 N–H and O–H groups in total. The molecule has 1 aliphatic rings. The molecule has 1 unspecified atom stereocenters. The topological polar surface area (TPSA) is 27.7 Å². The maximum Gasteiger partial charge on any atom is 0.193 e. The quantitative estimate of drug-likeness (QED) is 0.293. The molecule has 0 spiro atoms. The van der Waals surface area contributed by atoms with Gasteiger partial charge in [-0.3, -0.25) is 0 Å². The van der Waals surface area contributed by atoms with Crippen LogP contribution in [-0.4, -0.2) is 39.8 Å². The molecule has 0 radical (unpaired) electrons. The van der Waals surface area contributed by atoms with Gasteiger partial charge in [0.15, 0.2) is 14.6 Å². The molecular formula is C17H31ClO3Si. The first-order valence-electron chi connectivity index (χ1n) is 8.21. The number of ether oxygens (including phenoxy) is 2. The second-order valence-corrected chi connectivity index (χ2v) is 12.3. The zero-order chi connectivity index (χ0) is 16.6. The number of hydrogen-bond acceptors (Lipinski definition) is 3. The Bertz CT molecular complexity index is 376. The van der Waals surface area contributed by atoms with Crippen LogP contribution in [0.2, 0.25) is 18.1 Å². The third-order valence-electron chi connectivity index (χ3n) is 4.42. The molecule has 1 heterocycles. The monoisotopic (exact) mass is 346 g/mol. The maximum atomic E-state index is 6.42. The molecule has 0 aromatic heterocycles. The fourth-order valence-corrected chi connectivity index (χ4v) is 3.38.